The van der Waals surface area contributed by atoms with Crippen LogP contribution in [0.3, 0.4) is 0 Å². The van der Waals surface area contributed by atoms with Crippen LogP contribution in [0.1, 0.15) is 35.5 Å². The summed E-state index contributed by atoms with van der Waals surface area (Å²) in [6.07, 6.45) is 2.61. The summed E-state index contributed by atoms with van der Waals surface area (Å²) < 4.78 is 1.91. The number of carbonyl (C=O) groups is 1. The molecular formula is C17H20N4OS. The molecule has 0 spiro atoms. The molecule has 0 unspecified atom stereocenters. The highest BCUT2D eigenvalue weighted by Gasteiger charge is 2.17. The van der Waals surface area contributed by atoms with Crippen LogP contribution in [-0.2, 0) is 17.8 Å². The number of hydrogen-bond acceptors (Lipinski definition) is 4. The number of benzene rings is 1. The van der Waals surface area contributed by atoms with Crippen LogP contribution in [0.5, 0.6) is 0 Å². The molecule has 1 aromatic carbocycles. The van der Waals surface area contributed by atoms with Gasteiger partial charge in [-0.15, -0.1) is 11.3 Å². The maximum atomic E-state index is 12.5. The minimum absolute atomic E-state index is 0.0127. The van der Waals surface area contributed by atoms with Gasteiger partial charge in [0.2, 0.25) is 5.91 Å². The molecule has 0 aliphatic rings. The van der Waals surface area contributed by atoms with Crippen LogP contribution in [-0.4, -0.2) is 20.4 Å². The van der Waals surface area contributed by atoms with Gasteiger partial charge >= 0.3 is 0 Å². The Hall–Kier alpha value is -2.21. The van der Waals surface area contributed by atoms with E-state index in [9.17, 15) is 4.79 Å². The van der Waals surface area contributed by atoms with Crippen molar-refractivity contribution in [3.05, 3.63) is 46.2 Å². The molecule has 5 nitrogen and oxygen atoms in total. The highest BCUT2D eigenvalue weighted by molar-refractivity contribution is 7.11. The molecule has 120 valence electrons. The van der Waals surface area contributed by atoms with Crippen LogP contribution in [0.25, 0.3) is 11.0 Å². The first-order valence-electron chi connectivity index (χ1n) is 7.74. The van der Waals surface area contributed by atoms with E-state index in [1.54, 1.807) is 17.7 Å². The number of para-hydroxylation sites is 2. The summed E-state index contributed by atoms with van der Waals surface area (Å²) in [7, 11) is 0. The monoisotopic (exact) mass is 328 g/mol. The largest absolute Gasteiger partial charge is 0.349 e. The van der Waals surface area contributed by atoms with E-state index in [1.807, 2.05) is 42.7 Å². The summed E-state index contributed by atoms with van der Waals surface area (Å²) >= 11 is 1.65. The molecule has 0 fully saturated rings. The van der Waals surface area contributed by atoms with Crippen LogP contribution in [0.4, 0.5) is 0 Å². The van der Waals surface area contributed by atoms with Crippen molar-refractivity contribution in [2.45, 2.75) is 39.8 Å². The molecule has 2 heterocycles. The summed E-state index contributed by atoms with van der Waals surface area (Å²) in [6.45, 7) is 6.50. The number of amides is 1. The van der Waals surface area contributed by atoms with E-state index in [4.69, 9.17) is 0 Å². The van der Waals surface area contributed by atoms with Gasteiger partial charge in [-0.2, -0.15) is 0 Å². The molecule has 6 heteroatoms. The second kappa shape index (κ2) is 6.50. The van der Waals surface area contributed by atoms with Gasteiger partial charge in [0.1, 0.15) is 6.04 Å². The lowest BCUT2D eigenvalue weighted by Gasteiger charge is -2.14. The van der Waals surface area contributed by atoms with E-state index in [2.05, 4.69) is 22.2 Å². The van der Waals surface area contributed by atoms with Crippen molar-refractivity contribution in [1.29, 1.82) is 0 Å². The standard InChI is InChI=1S/C17H20N4OS/c1-4-13-16(23-12(3)20-13)9-18-17(22)11(2)21-10-19-14-7-5-6-8-15(14)21/h5-8,10-11H,4,9H2,1-3H3,(H,18,22)/t11-/m0/s1. The van der Waals surface area contributed by atoms with Crippen molar-refractivity contribution in [2.24, 2.45) is 0 Å². The second-order valence-electron chi connectivity index (χ2n) is 5.49. The topological polar surface area (TPSA) is 59.8 Å². The first kappa shape index (κ1) is 15.7. The third-order valence-corrected chi connectivity index (χ3v) is 4.93. The molecule has 0 saturated carbocycles. The van der Waals surface area contributed by atoms with Gasteiger partial charge in [-0.25, -0.2) is 9.97 Å². The van der Waals surface area contributed by atoms with Gasteiger partial charge in [0.15, 0.2) is 0 Å². The smallest absolute Gasteiger partial charge is 0.243 e. The van der Waals surface area contributed by atoms with Gasteiger partial charge in [0.05, 0.1) is 34.6 Å². The summed E-state index contributed by atoms with van der Waals surface area (Å²) in [5.41, 5.74) is 2.95. The van der Waals surface area contributed by atoms with Gasteiger partial charge in [-0.1, -0.05) is 19.1 Å². The SMILES string of the molecule is CCc1nc(C)sc1CNC(=O)[C@H](C)n1cnc2ccccc21. The molecule has 1 atom stereocenters. The number of carbonyl (C=O) groups excluding carboxylic acids is 1. The number of thiazole rings is 1. The molecule has 0 radical (unpaired) electrons. The van der Waals surface area contributed by atoms with Gasteiger partial charge in [0, 0.05) is 4.88 Å². The Balaban J connectivity index is 1.72. The highest BCUT2D eigenvalue weighted by atomic mass is 32.1. The summed E-state index contributed by atoms with van der Waals surface area (Å²) in [5, 5.41) is 4.06. The highest BCUT2D eigenvalue weighted by Crippen LogP contribution is 2.20. The fraction of sp³-hybridized carbons (Fsp3) is 0.353. The Labute approximate surface area is 139 Å². The fourth-order valence-electron chi connectivity index (χ4n) is 2.66. The van der Waals surface area contributed by atoms with Crippen LogP contribution in [0.15, 0.2) is 30.6 Å². The second-order valence-corrected chi connectivity index (χ2v) is 6.78. The van der Waals surface area contributed by atoms with Gasteiger partial charge in [-0.05, 0) is 32.4 Å². The molecule has 0 aliphatic heterocycles. The molecule has 3 aromatic rings. The lowest BCUT2D eigenvalue weighted by atomic mass is 10.2. The zero-order chi connectivity index (χ0) is 16.4. The Morgan fingerprint density at radius 1 is 1.39 bits per heavy atom. The molecule has 1 N–H and O–H groups in total. The van der Waals surface area contributed by atoms with Crippen molar-refractivity contribution in [1.82, 2.24) is 19.9 Å². The lowest BCUT2D eigenvalue weighted by Crippen LogP contribution is -2.30. The van der Waals surface area contributed by atoms with Crippen LogP contribution >= 0.6 is 11.3 Å². The minimum atomic E-state index is -0.304. The molecule has 2 aromatic heterocycles. The molecule has 0 aliphatic carbocycles. The van der Waals surface area contributed by atoms with Gasteiger partial charge in [-0.3, -0.25) is 4.79 Å². The first-order valence-corrected chi connectivity index (χ1v) is 8.56. The number of fused-ring (bicyclic) bond motifs is 1. The fourth-order valence-corrected chi connectivity index (χ4v) is 3.62. The van der Waals surface area contributed by atoms with Gasteiger partial charge in [0.25, 0.3) is 0 Å². The molecule has 3 rings (SSSR count). The van der Waals surface area contributed by atoms with Crippen LogP contribution in [0, 0.1) is 6.92 Å². The van der Waals surface area contributed by atoms with Crippen molar-refractivity contribution >= 4 is 28.3 Å². The zero-order valence-electron chi connectivity index (χ0n) is 13.5. The predicted molar refractivity (Wildman–Crippen MR) is 92.5 cm³/mol. The lowest BCUT2D eigenvalue weighted by molar-refractivity contribution is -0.123. The normalized spacial score (nSPS) is 12.5. The third-order valence-electron chi connectivity index (χ3n) is 3.92. The summed E-state index contributed by atoms with van der Waals surface area (Å²) in [5.74, 6) is -0.0127. The maximum Gasteiger partial charge on any atom is 0.243 e. The number of nitrogens with one attached hydrogen (secondary N) is 1. The number of imidazole rings is 1. The van der Waals surface area contributed by atoms with Crippen LogP contribution < -0.4 is 5.32 Å². The Morgan fingerprint density at radius 2 is 2.17 bits per heavy atom. The van der Waals surface area contributed by atoms with E-state index < -0.39 is 0 Å². The van der Waals surface area contributed by atoms with E-state index in [0.29, 0.717) is 6.54 Å². The Bertz CT molecular complexity index is 836. The number of aryl methyl sites for hydroxylation is 2. The number of aromatic nitrogens is 3. The quantitative estimate of drug-likeness (QED) is 0.782. The Kier molecular flexibility index (Phi) is 4.43. The van der Waals surface area contributed by atoms with E-state index >= 15 is 0 Å². The average Bonchev–Trinajstić information content (AvgIpc) is 3.14. The van der Waals surface area contributed by atoms with E-state index in [0.717, 1.165) is 33.0 Å². The molecule has 0 saturated heterocycles. The maximum absolute atomic E-state index is 12.5. The Morgan fingerprint density at radius 3 is 2.96 bits per heavy atom. The van der Waals surface area contributed by atoms with Crippen molar-refractivity contribution in [2.75, 3.05) is 0 Å². The molecule has 0 bridgehead atoms. The number of nitrogens with zero attached hydrogens (tertiary/aromatic N) is 3. The first-order chi connectivity index (χ1) is 11.1. The van der Waals surface area contributed by atoms with E-state index in [-0.39, 0.29) is 11.9 Å². The van der Waals surface area contributed by atoms with Crippen molar-refractivity contribution in [3.63, 3.8) is 0 Å². The molecule has 23 heavy (non-hydrogen) atoms. The van der Waals surface area contributed by atoms with Crippen molar-refractivity contribution in [3.8, 4) is 0 Å². The van der Waals surface area contributed by atoms with E-state index in [1.165, 1.54) is 0 Å². The number of rotatable bonds is 5. The molecular weight excluding hydrogens is 308 g/mol. The minimum Gasteiger partial charge on any atom is -0.349 e. The number of hydrogen-bond donors (Lipinski definition) is 1. The summed E-state index contributed by atoms with van der Waals surface area (Å²) in [6, 6.07) is 7.53. The zero-order valence-corrected chi connectivity index (χ0v) is 14.4. The summed E-state index contributed by atoms with van der Waals surface area (Å²) in [4.78, 5) is 22.5. The third kappa shape index (κ3) is 3.12. The molecule has 1 amide bonds. The van der Waals surface area contributed by atoms with Crippen LogP contribution in [0.2, 0.25) is 0 Å². The average molecular weight is 328 g/mol. The predicted octanol–water partition coefficient (Wildman–Crippen LogP) is 3.24. The van der Waals surface area contributed by atoms with Gasteiger partial charge < -0.3 is 9.88 Å². The van der Waals surface area contributed by atoms with Crippen molar-refractivity contribution < 1.29 is 4.79 Å².